The van der Waals surface area contributed by atoms with Crippen LogP contribution in [0.3, 0.4) is 0 Å². The summed E-state index contributed by atoms with van der Waals surface area (Å²) in [6.07, 6.45) is 0. The summed E-state index contributed by atoms with van der Waals surface area (Å²) in [4.78, 5) is 2.49. The Morgan fingerprint density at radius 3 is 1.90 bits per heavy atom. The smallest absolute Gasteiger partial charge is 0.140 e. The summed E-state index contributed by atoms with van der Waals surface area (Å²) in [5.74, 6) is 0. The fourth-order valence-corrected chi connectivity index (χ4v) is 1.63. The van der Waals surface area contributed by atoms with Crippen molar-refractivity contribution in [3.63, 3.8) is 0 Å². The fourth-order valence-electron chi connectivity index (χ4n) is 1.63. The first-order chi connectivity index (χ1) is 4.76. The van der Waals surface area contributed by atoms with E-state index in [4.69, 9.17) is 0 Å². The Hall–Kier alpha value is -0.0800. The van der Waals surface area contributed by atoms with Gasteiger partial charge in [-0.3, -0.25) is 4.48 Å². The van der Waals surface area contributed by atoms with E-state index in [-0.39, 0.29) is 0 Å². The number of rotatable bonds is 3. The fraction of sp³-hybridized carbons (Fsp3) is 1.00. The van der Waals surface area contributed by atoms with E-state index in [2.05, 4.69) is 25.7 Å². The molecular formula is C8H19N2+. The molecule has 0 unspecified atom stereocenters. The van der Waals surface area contributed by atoms with Gasteiger partial charge in [-0.2, -0.15) is 0 Å². The van der Waals surface area contributed by atoms with Crippen LogP contribution in [0.2, 0.25) is 0 Å². The topological polar surface area (TPSA) is 3.24 Å². The molecule has 0 bridgehead atoms. The summed E-state index contributed by atoms with van der Waals surface area (Å²) in [5.41, 5.74) is 0. The number of hydrogen-bond acceptors (Lipinski definition) is 1. The highest BCUT2D eigenvalue weighted by Crippen LogP contribution is 2.18. The first-order valence-electron chi connectivity index (χ1n) is 4.33. The molecule has 2 nitrogen and oxygen atoms in total. The second kappa shape index (κ2) is 2.89. The normalized spacial score (nSPS) is 24.3. The van der Waals surface area contributed by atoms with Gasteiger partial charge in [-0.05, 0) is 13.8 Å². The van der Waals surface area contributed by atoms with Crippen LogP contribution in [0, 0.1) is 0 Å². The van der Waals surface area contributed by atoms with Gasteiger partial charge in [-0.1, -0.05) is 6.92 Å². The largest absolute Gasteiger partial charge is 0.299 e. The highest BCUT2D eigenvalue weighted by atomic mass is 15.6. The molecule has 0 aromatic carbocycles. The minimum Gasteiger partial charge on any atom is -0.299 e. The lowest BCUT2D eigenvalue weighted by molar-refractivity contribution is -0.992. The number of quaternary nitrogens is 1. The molecule has 1 rings (SSSR count). The van der Waals surface area contributed by atoms with Crippen molar-refractivity contribution in [3.8, 4) is 0 Å². The van der Waals surface area contributed by atoms with Crippen molar-refractivity contribution in [3.05, 3.63) is 0 Å². The van der Waals surface area contributed by atoms with Crippen molar-refractivity contribution >= 4 is 0 Å². The van der Waals surface area contributed by atoms with Crippen LogP contribution in [0.25, 0.3) is 0 Å². The maximum absolute atomic E-state index is 2.49. The lowest BCUT2D eigenvalue weighted by atomic mass is 10.3. The van der Waals surface area contributed by atoms with Crippen molar-refractivity contribution in [2.75, 3.05) is 33.0 Å². The predicted octanol–water partition coefficient (Wildman–Crippen LogP) is 1.09. The molecule has 0 atom stereocenters. The lowest BCUT2D eigenvalue weighted by Crippen LogP contribution is -2.68. The van der Waals surface area contributed by atoms with Crippen molar-refractivity contribution in [1.82, 2.24) is 4.90 Å². The zero-order valence-corrected chi connectivity index (χ0v) is 7.43. The molecule has 10 heavy (non-hydrogen) atoms. The van der Waals surface area contributed by atoms with Gasteiger partial charge >= 0.3 is 0 Å². The molecule has 0 spiro atoms. The van der Waals surface area contributed by atoms with E-state index in [1.807, 2.05) is 0 Å². The Bertz CT molecular complexity index is 99.8. The van der Waals surface area contributed by atoms with E-state index in [0.29, 0.717) is 0 Å². The molecule has 0 radical (unpaired) electrons. The zero-order chi connectivity index (χ0) is 7.61. The Morgan fingerprint density at radius 2 is 1.60 bits per heavy atom. The standard InChI is InChI=1S/C8H19N2/c1-4-9-7-10(5-2,6-3)8-9/h4-8H2,1-3H3/q+1. The Labute approximate surface area is 64.0 Å². The molecule has 0 aliphatic carbocycles. The van der Waals surface area contributed by atoms with Crippen LogP contribution in [-0.4, -0.2) is 42.4 Å². The minimum atomic E-state index is 1.22. The van der Waals surface area contributed by atoms with E-state index < -0.39 is 0 Å². The van der Waals surface area contributed by atoms with E-state index in [1.165, 1.54) is 37.5 Å². The molecule has 1 saturated heterocycles. The molecule has 0 aromatic rings. The molecule has 0 N–H and O–H groups in total. The molecule has 1 fully saturated rings. The van der Waals surface area contributed by atoms with Gasteiger partial charge in [-0.25, -0.2) is 4.90 Å². The van der Waals surface area contributed by atoms with Gasteiger partial charge in [0, 0.05) is 6.54 Å². The van der Waals surface area contributed by atoms with Crippen LogP contribution in [-0.2, 0) is 0 Å². The van der Waals surface area contributed by atoms with Crippen LogP contribution >= 0.6 is 0 Å². The zero-order valence-electron chi connectivity index (χ0n) is 7.43. The lowest BCUT2D eigenvalue weighted by Gasteiger charge is -2.50. The highest BCUT2D eigenvalue weighted by Gasteiger charge is 2.37. The number of hydrogen-bond donors (Lipinski definition) is 0. The third-order valence-electron chi connectivity index (χ3n) is 2.79. The third kappa shape index (κ3) is 1.18. The highest BCUT2D eigenvalue weighted by molar-refractivity contribution is 4.54. The summed E-state index contributed by atoms with van der Waals surface area (Å²) in [6.45, 7) is 13.2. The quantitative estimate of drug-likeness (QED) is 0.535. The molecule has 1 aliphatic rings. The van der Waals surface area contributed by atoms with Gasteiger partial charge in [0.1, 0.15) is 13.3 Å². The summed E-state index contributed by atoms with van der Waals surface area (Å²) in [6, 6.07) is 0. The average molecular weight is 143 g/mol. The first-order valence-corrected chi connectivity index (χ1v) is 4.33. The van der Waals surface area contributed by atoms with Gasteiger partial charge in [0.05, 0.1) is 13.1 Å². The summed E-state index contributed by atoms with van der Waals surface area (Å²) in [5, 5.41) is 0. The molecule has 0 aromatic heterocycles. The monoisotopic (exact) mass is 143 g/mol. The van der Waals surface area contributed by atoms with Gasteiger partial charge in [0.2, 0.25) is 0 Å². The van der Waals surface area contributed by atoms with Crippen LogP contribution in [0.4, 0.5) is 0 Å². The molecule has 2 heteroatoms. The summed E-state index contributed by atoms with van der Waals surface area (Å²) >= 11 is 0. The van der Waals surface area contributed by atoms with E-state index >= 15 is 0 Å². The maximum Gasteiger partial charge on any atom is 0.140 e. The van der Waals surface area contributed by atoms with Crippen molar-refractivity contribution in [2.45, 2.75) is 20.8 Å². The van der Waals surface area contributed by atoms with Gasteiger partial charge < -0.3 is 0 Å². The SMILES string of the molecule is CCN1C[N+](CC)(CC)C1. The Balaban J connectivity index is 2.31. The second-order valence-electron chi connectivity index (χ2n) is 3.24. The molecule has 0 amide bonds. The van der Waals surface area contributed by atoms with Crippen molar-refractivity contribution in [1.29, 1.82) is 0 Å². The van der Waals surface area contributed by atoms with Gasteiger partial charge in [-0.15, -0.1) is 0 Å². The van der Waals surface area contributed by atoms with Crippen LogP contribution in [0.5, 0.6) is 0 Å². The number of nitrogens with zero attached hydrogens (tertiary/aromatic N) is 2. The van der Waals surface area contributed by atoms with E-state index in [0.717, 1.165) is 0 Å². The Morgan fingerprint density at radius 1 is 1.10 bits per heavy atom. The van der Waals surface area contributed by atoms with Crippen LogP contribution in [0.1, 0.15) is 20.8 Å². The van der Waals surface area contributed by atoms with Gasteiger partial charge in [0.15, 0.2) is 0 Å². The van der Waals surface area contributed by atoms with E-state index in [1.54, 1.807) is 0 Å². The maximum atomic E-state index is 2.49. The first kappa shape index (κ1) is 8.02. The Kier molecular flexibility index (Phi) is 2.32. The van der Waals surface area contributed by atoms with Crippen LogP contribution in [0.15, 0.2) is 0 Å². The average Bonchev–Trinajstić information content (AvgIpc) is 1.89. The predicted molar refractivity (Wildman–Crippen MR) is 43.5 cm³/mol. The van der Waals surface area contributed by atoms with Crippen LogP contribution < -0.4 is 0 Å². The van der Waals surface area contributed by atoms with Crippen molar-refractivity contribution in [2.24, 2.45) is 0 Å². The summed E-state index contributed by atoms with van der Waals surface area (Å²) in [7, 11) is 0. The summed E-state index contributed by atoms with van der Waals surface area (Å²) < 4.78 is 1.31. The molecule has 1 heterocycles. The minimum absolute atomic E-state index is 1.22. The third-order valence-corrected chi connectivity index (χ3v) is 2.79. The van der Waals surface area contributed by atoms with E-state index in [9.17, 15) is 0 Å². The molecule has 1 aliphatic heterocycles. The van der Waals surface area contributed by atoms with Gasteiger partial charge in [0.25, 0.3) is 0 Å². The molecule has 60 valence electrons. The molecular weight excluding hydrogens is 124 g/mol. The second-order valence-corrected chi connectivity index (χ2v) is 3.24. The van der Waals surface area contributed by atoms with Crippen molar-refractivity contribution < 1.29 is 4.48 Å². The molecule has 0 saturated carbocycles.